The molecular weight excluding hydrogens is 320 g/mol. The number of hydrogen-bond acceptors (Lipinski definition) is 4. The molecule has 0 aliphatic heterocycles. The van der Waals surface area contributed by atoms with E-state index in [9.17, 15) is 19.5 Å². The van der Waals surface area contributed by atoms with Crippen molar-refractivity contribution in [2.24, 2.45) is 11.8 Å². The minimum Gasteiger partial charge on any atom is -0.481 e. The zero-order chi connectivity index (χ0) is 18.7. The SMILES string of the molecule is CCCCCC(=O)CC[C@@H]1C(=O)C[C@H](O)[C@@H]1C/C=C/CCCC(=O)O. The number of carboxylic acids is 1. The molecule has 0 radical (unpaired) electrons. The van der Waals surface area contributed by atoms with Crippen molar-refractivity contribution in [1.82, 2.24) is 0 Å². The Morgan fingerprint density at radius 3 is 2.56 bits per heavy atom. The van der Waals surface area contributed by atoms with Gasteiger partial charge in [-0.25, -0.2) is 0 Å². The first kappa shape index (κ1) is 21.6. The molecule has 1 aliphatic carbocycles. The molecule has 2 N–H and O–H groups in total. The van der Waals surface area contributed by atoms with E-state index in [0.29, 0.717) is 38.5 Å². The van der Waals surface area contributed by atoms with Gasteiger partial charge in [0, 0.05) is 31.6 Å². The van der Waals surface area contributed by atoms with Crippen LogP contribution in [0.1, 0.15) is 77.6 Å². The highest BCUT2D eigenvalue weighted by atomic mass is 16.4. The Labute approximate surface area is 150 Å². The van der Waals surface area contributed by atoms with E-state index in [1.165, 1.54) is 0 Å². The van der Waals surface area contributed by atoms with Crippen LogP contribution in [0.2, 0.25) is 0 Å². The van der Waals surface area contributed by atoms with Crippen molar-refractivity contribution >= 4 is 17.5 Å². The van der Waals surface area contributed by atoms with Gasteiger partial charge in [0.2, 0.25) is 0 Å². The predicted octanol–water partition coefficient (Wildman–Crippen LogP) is 3.68. The van der Waals surface area contributed by atoms with E-state index in [-0.39, 0.29) is 36.2 Å². The molecule has 0 aromatic carbocycles. The lowest BCUT2D eigenvalue weighted by atomic mass is 9.86. The van der Waals surface area contributed by atoms with Gasteiger partial charge in [-0.2, -0.15) is 0 Å². The molecule has 0 heterocycles. The third-order valence-electron chi connectivity index (χ3n) is 4.96. The van der Waals surface area contributed by atoms with Crippen molar-refractivity contribution in [3.8, 4) is 0 Å². The minimum absolute atomic E-state index is 0.0677. The number of rotatable bonds is 13. The van der Waals surface area contributed by atoms with Crippen LogP contribution >= 0.6 is 0 Å². The number of allylic oxidation sites excluding steroid dienone is 2. The molecular formula is C20H32O5. The molecule has 1 saturated carbocycles. The summed E-state index contributed by atoms with van der Waals surface area (Å²) in [6, 6.07) is 0. The van der Waals surface area contributed by atoms with Crippen molar-refractivity contribution in [2.45, 2.75) is 83.7 Å². The number of carbonyl (C=O) groups is 3. The zero-order valence-electron chi connectivity index (χ0n) is 15.3. The van der Waals surface area contributed by atoms with E-state index in [4.69, 9.17) is 5.11 Å². The third kappa shape index (κ3) is 8.43. The number of aliphatic carboxylic acids is 1. The number of carboxylic acid groups (broad SMARTS) is 1. The van der Waals surface area contributed by atoms with Gasteiger partial charge in [0.25, 0.3) is 0 Å². The maximum absolute atomic E-state index is 12.1. The van der Waals surface area contributed by atoms with Crippen LogP contribution in [0.5, 0.6) is 0 Å². The van der Waals surface area contributed by atoms with Crippen molar-refractivity contribution in [3.05, 3.63) is 12.2 Å². The topological polar surface area (TPSA) is 91.7 Å². The molecule has 0 unspecified atom stereocenters. The van der Waals surface area contributed by atoms with Gasteiger partial charge in [-0.1, -0.05) is 31.9 Å². The normalized spacial score (nSPS) is 23.4. The Morgan fingerprint density at radius 2 is 1.88 bits per heavy atom. The second-order valence-electron chi connectivity index (χ2n) is 7.04. The van der Waals surface area contributed by atoms with E-state index in [1.54, 1.807) is 0 Å². The van der Waals surface area contributed by atoms with Gasteiger partial charge in [0.05, 0.1) is 6.10 Å². The highest BCUT2D eigenvalue weighted by Crippen LogP contribution is 2.35. The molecule has 0 spiro atoms. The van der Waals surface area contributed by atoms with Crippen LogP contribution in [0.15, 0.2) is 12.2 Å². The standard InChI is InChI=1S/C20H32O5/c1-2-3-6-9-15(21)12-13-17-16(18(22)14-19(17)23)10-7-4-5-8-11-20(24)25/h4,7,16-18,22H,2-3,5-6,8-14H2,1H3,(H,24,25)/b7-4+/t16-,17+,18+/m1/s1. The van der Waals surface area contributed by atoms with Crippen molar-refractivity contribution in [2.75, 3.05) is 0 Å². The number of ketones is 2. The average molecular weight is 352 g/mol. The number of hydrogen-bond donors (Lipinski definition) is 2. The van der Waals surface area contributed by atoms with E-state index >= 15 is 0 Å². The average Bonchev–Trinajstić information content (AvgIpc) is 2.82. The summed E-state index contributed by atoms with van der Waals surface area (Å²) in [4.78, 5) is 34.5. The highest BCUT2D eigenvalue weighted by Gasteiger charge is 2.40. The molecule has 0 aromatic rings. The second kappa shape index (κ2) is 12.0. The van der Waals surface area contributed by atoms with Crippen molar-refractivity contribution in [3.63, 3.8) is 0 Å². The number of unbranched alkanes of at least 4 members (excludes halogenated alkanes) is 3. The number of aliphatic hydroxyl groups is 1. The second-order valence-corrected chi connectivity index (χ2v) is 7.04. The Morgan fingerprint density at radius 1 is 1.12 bits per heavy atom. The summed E-state index contributed by atoms with van der Waals surface area (Å²) in [6.07, 6.45) is 10.1. The quantitative estimate of drug-likeness (QED) is 0.390. The lowest BCUT2D eigenvalue weighted by Crippen LogP contribution is -2.21. The fourth-order valence-corrected chi connectivity index (χ4v) is 3.47. The minimum atomic E-state index is -0.797. The van der Waals surface area contributed by atoms with Gasteiger partial charge in [-0.05, 0) is 38.0 Å². The molecule has 3 atom stereocenters. The van der Waals surface area contributed by atoms with E-state index in [1.807, 2.05) is 12.2 Å². The van der Waals surface area contributed by atoms with Gasteiger partial charge in [-0.15, -0.1) is 0 Å². The summed E-state index contributed by atoms with van der Waals surface area (Å²) in [7, 11) is 0. The first-order valence-corrected chi connectivity index (χ1v) is 9.55. The summed E-state index contributed by atoms with van der Waals surface area (Å²) < 4.78 is 0. The molecule has 0 bridgehead atoms. The number of carbonyl (C=O) groups excluding carboxylic acids is 2. The Bertz CT molecular complexity index is 469. The molecule has 1 rings (SSSR count). The summed E-state index contributed by atoms with van der Waals surface area (Å²) in [5.41, 5.74) is 0. The van der Waals surface area contributed by atoms with Crippen LogP contribution in [0.25, 0.3) is 0 Å². The summed E-state index contributed by atoms with van der Waals surface area (Å²) >= 11 is 0. The Balaban J connectivity index is 2.39. The monoisotopic (exact) mass is 352 g/mol. The molecule has 0 aromatic heterocycles. The van der Waals surface area contributed by atoms with E-state index in [0.717, 1.165) is 19.3 Å². The molecule has 0 amide bonds. The summed E-state index contributed by atoms with van der Waals surface area (Å²) in [5.74, 6) is -0.863. The Kier molecular flexibility index (Phi) is 10.3. The zero-order valence-corrected chi connectivity index (χ0v) is 15.3. The van der Waals surface area contributed by atoms with Crippen LogP contribution in [-0.4, -0.2) is 33.9 Å². The summed E-state index contributed by atoms with van der Waals surface area (Å²) in [5, 5.41) is 18.7. The molecule has 1 aliphatic rings. The molecule has 142 valence electrons. The van der Waals surface area contributed by atoms with Crippen LogP contribution in [-0.2, 0) is 14.4 Å². The summed E-state index contributed by atoms with van der Waals surface area (Å²) in [6.45, 7) is 2.10. The maximum atomic E-state index is 12.1. The molecule has 5 heteroatoms. The van der Waals surface area contributed by atoms with Crippen LogP contribution in [0.3, 0.4) is 0 Å². The van der Waals surface area contributed by atoms with Gasteiger partial charge in [0.1, 0.15) is 11.6 Å². The lowest BCUT2D eigenvalue weighted by molar-refractivity contribution is -0.137. The Hall–Kier alpha value is -1.49. The molecule has 25 heavy (non-hydrogen) atoms. The van der Waals surface area contributed by atoms with Crippen molar-refractivity contribution in [1.29, 1.82) is 0 Å². The maximum Gasteiger partial charge on any atom is 0.303 e. The van der Waals surface area contributed by atoms with Crippen LogP contribution in [0.4, 0.5) is 0 Å². The molecule has 1 fully saturated rings. The highest BCUT2D eigenvalue weighted by molar-refractivity contribution is 5.85. The van der Waals surface area contributed by atoms with Crippen LogP contribution < -0.4 is 0 Å². The fourth-order valence-electron chi connectivity index (χ4n) is 3.47. The smallest absolute Gasteiger partial charge is 0.303 e. The third-order valence-corrected chi connectivity index (χ3v) is 4.96. The first-order valence-electron chi connectivity index (χ1n) is 9.55. The number of Topliss-reactive ketones (excluding diaryl/α,β-unsaturated/α-hetero) is 2. The fraction of sp³-hybridized carbons (Fsp3) is 0.750. The van der Waals surface area contributed by atoms with E-state index in [2.05, 4.69) is 6.92 Å². The largest absolute Gasteiger partial charge is 0.481 e. The molecule has 5 nitrogen and oxygen atoms in total. The van der Waals surface area contributed by atoms with Gasteiger partial charge in [0.15, 0.2) is 0 Å². The van der Waals surface area contributed by atoms with Gasteiger partial charge >= 0.3 is 5.97 Å². The van der Waals surface area contributed by atoms with Gasteiger partial charge in [-0.3, -0.25) is 14.4 Å². The number of aliphatic hydroxyl groups excluding tert-OH is 1. The lowest BCUT2D eigenvalue weighted by Gasteiger charge is -2.19. The predicted molar refractivity (Wildman–Crippen MR) is 96.2 cm³/mol. The molecule has 0 saturated heterocycles. The first-order chi connectivity index (χ1) is 12.0. The van der Waals surface area contributed by atoms with E-state index < -0.39 is 12.1 Å². The van der Waals surface area contributed by atoms with Gasteiger partial charge < -0.3 is 10.2 Å². The van der Waals surface area contributed by atoms with Crippen LogP contribution in [0, 0.1) is 11.8 Å². The van der Waals surface area contributed by atoms with Crippen molar-refractivity contribution < 1.29 is 24.6 Å².